The van der Waals surface area contributed by atoms with Crippen molar-refractivity contribution in [1.82, 2.24) is 0 Å². The number of Topliss-reactive ketones (excluding diaryl/α,β-unsaturated/α-hetero) is 1. The first-order valence-electron chi connectivity index (χ1n) is 14.4. The first-order chi connectivity index (χ1) is 19.5. The summed E-state index contributed by atoms with van der Waals surface area (Å²) in [5, 5.41) is 26.4. The van der Waals surface area contributed by atoms with Crippen molar-refractivity contribution in [2.45, 2.75) is 96.9 Å². The Balaban J connectivity index is 0.00000423. The van der Waals surface area contributed by atoms with E-state index in [4.69, 9.17) is 18.9 Å². The number of carbonyl (C=O) groups excluding carboxylic acids is 4. The van der Waals surface area contributed by atoms with Gasteiger partial charge in [-0.2, -0.15) is 0 Å². The van der Waals surface area contributed by atoms with E-state index >= 15 is 0 Å². The fourth-order valence-corrected chi connectivity index (χ4v) is 8.26. The van der Waals surface area contributed by atoms with Gasteiger partial charge in [0.1, 0.15) is 17.8 Å². The SMILES string of the molecule is CC(=O)O[C@@H]1C(=O)C2=C(C)[C@@H]([O-])C[C@@](O)([C@@H](OC(=O)c3ccccc3)C3[C@@]1(C)[C@@H](C)C[C@H]1OC[C@@]31OC(C)=O)C2(C)C.[Li+]. The zero-order valence-electron chi connectivity index (χ0n) is 26.1. The number of fused-ring (bicyclic) bond motifs is 5. The van der Waals surface area contributed by atoms with Crippen LogP contribution in [-0.4, -0.2) is 71.0 Å². The van der Waals surface area contributed by atoms with Gasteiger partial charge in [0.05, 0.1) is 18.1 Å². The quantitative estimate of drug-likeness (QED) is 0.271. The molecule has 1 unspecified atom stereocenters. The first-order valence-corrected chi connectivity index (χ1v) is 14.4. The third-order valence-electron chi connectivity index (χ3n) is 10.6. The van der Waals surface area contributed by atoms with E-state index in [1.54, 1.807) is 58.0 Å². The average Bonchev–Trinajstić information content (AvgIpc) is 2.90. The summed E-state index contributed by atoms with van der Waals surface area (Å²) < 4.78 is 24.1. The van der Waals surface area contributed by atoms with E-state index in [0.29, 0.717) is 6.42 Å². The van der Waals surface area contributed by atoms with Gasteiger partial charge in [-0.3, -0.25) is 14.4 Å². The van der Waals surface area contributed by atoms with Gasteiger partial charge in [-0.25, -0.2) is 4.79 Å². The van der Waals surface area contributed by atoms with Crippen LogP contribution in [0.3, 0.4) is 0 Å². The Kier molecular flexibility index (Phi) is 8.66. The number of rotatable bonds is 4. The van der Waals surface area contributed by atoms with Crippen molar-refractivity contribution in [2.75, 3.05) is 6.61 Å². The van der Waals surface area contributed by atoms with Crippen LogP contribution in [0, 0.1) is 22.7 Å². The van der Waals surface area contributed by atoms with Crippen molar-refractivity contribution >= 4 is 23.7 Å². The summed E-state index contributed by atoms with van der Waals surface area (Å²) in [6, 6.07) is 8.22. The second kappa shape index (κ2) is 11.1. The molecule has 43 heavy (non-hydrogen) atoms. The van der Waals surface area contributed by atoms with E-state index in [1.165, 1.54) is 13.8 Å². The minimum Gasteiger partial charge on any atom is -0.849 e. The van der Waals surface area contributed by atoms with Gasteiger partial charge in [0.25, 0.3) is 0 Å². The predicted octanol–water partition coefficient (Wildman–Crippen LogP) is -0.700. The summed E-state index contributed by atoms with van der Waals surface area (Å²) in [4.78, 5) is 53.6. The van der Waals surface area contributed by atoms with E-state index in [0.717, 1.165) is 0 Å². The standard InChI is InChI=1S/C32H39O10.Li/c1-16-13-22-31(15-39-22,42-19(4)34)25-27(41-28(37)20-11-9-8-10-12-20)32(38)14-21(35)17(2)23(29(32,5)6)24(36)26(30(16,25)7)40-18(3)33;/h8-12,16,21-22,25-27,38H,13-15H2,1-7H3;/q-1;+1/t16-,21-,22+,25?,26+,27-,30+,31-,32+;/m0./s1. The van der Waals surface area contributed by atoms with Gasteiger partial charge < -0.3 is 29.2 Å². The largest absolute Gasteiger partial charge is 1.00 e. The molecule has 9 atom stereocenters. The number of benzene rings is 1. The van der Waals surface area contributed by atoms with Crippen LogP contribution >= 0.6 is 0 Å². The molecule has 2 bridgehead atoms. The van der Waals surface area contributed by atoms with Crippen LogP contribution in [0.25, 0.3) is 0 Å². The topological polar surface area (TPSA) is 148 Å². The molecule has 0 amide bonds. The van der Waals surface area contributed by atoms with E-state index in [-0.39, 0.29) is 48.6 Å². The molecule has 1 heterocycles. The van der Waals surface area contributed by atoms with Crippen molar-refractivity contribution in [3.8, 4) is 0 Å². The van der Waals surface area contributed by atoms with Crippen molar-refractivity contribution in [3.63, 3.8) is 0 Å². The molecule has 10 nitrogen and oxygen atoms in total. The maximum Gasteiger partial charge on any atom is 1.00 e. The molecule has 3 fully saturated rings. The molecule has 0 radical (unpaired) electrons. The monoisotopic (exact) mass is 590 g/mol. The Labute approximate surface area is 263 Å². The zero-order chi connectivity index (χ0) is 31.0. The molecule has 228 valence electrons. The fourth-order valence-electron chi connectivity index (χ4n) is 8.26. The molecule has 2 saturated carbocycles. The van der Waals surface area contributed by atoms with Crippen molar-refractivity contribution in [3.05, 3.63) is 47.0 Å². The maximum absolute atomic E-state index is 14.6. The maximum atomic E-state index is 14.6. The average molecular weight is 591 g/mol. The van der Waals surface area contributed by atoms with Crippen LogP contribution in [0.5, 0.6) is 0 Å². The normalized spacial score (nSPS) is 39.4. The molecule has 1 aromatic carbocycles. The molecule has 1 aromatic rings. The van der Waals surface area contributed by atoms with E-state index in [1.807, 2.05) is 6.92 Å². The molecule has 0 spiro atoms. The van der Waals surface area contributed by atoms with Gasteiger partial charge >= 0.3 is 36.8 Å². The molecule has 3 aliphatic carbocycles. The molecule has 0 aromatic heterocycles. The van der Waals surface area contributed by atoms with Crippen molar-refractivity contribution < 1.29 is 67.2 Å². The Morgan fingerprint density at radius 3 is 2.21 bits per heavy atom. The summed E-state index contributed by atoms with van der Waals surface area (Å²) in [7, 11) is 0. The Bertz CT molecular complexity index is 1360. The van der Waals surface area contributed by atoms with Gasteiger partial charge in [0.15, 0.2) is 11.7 Å². The second-order valence-corrected chi connectivity index (χ2v) is 13.2. The summed E-state index contributed by atoms with van der Waals surface area (Å²) in [5.74, 6) is -4.19. The van der Waals surface area contributed by atoms with Crippen molar-refractivity contribution in [1.29, 1.82) is 0 Å². The third kappa shape index (κ3) is 4.72. The van der Waals surface area contributed by atoms with Gasteiger partial charge in [0, 0.05) is 30.3 Å². The fraction of sp³-hybridized carbons (Fsp3) is 0.625. The van der Waals surface area contributed by atoms with Crippen LogP contribution in [-0.2, 0) is 33.3 Å². The van der Waals surface area contributed by atoms with E-state index < -0.39 is 82.0 Å². The summed E-state index contributed by atoms with van der Waals surface area (Å²) >= 11 is 0. The first kappa shape index (κ1) is 33.4. The number of esters is 3. The van der Waals surface area contributed by atoms with Crippen LogP contribution in [0.2, 0.25) is 0 Å². The minimum atomic E-state index is -2.08. The van der Waals surface area contributed by atoms with E-state index in [2.05, 4.69) is 0 Å². The zero-order valence-corrected chi connectivity index (χ0v) is 26.1. The summed E-state index contributed by atoms with van der Waals surface area (Å²) in [6.07, 6.45) is -5.08. The molecule has 1 saturated heterocycles. The number of ketones is 1. The molecule has 4 aliphatic rings. The number of carbonyl (C=O) groups is 4. The van der Waals surface area contributed by atoms with Gasteiger partial charge in [0.2, 0.25) is 5.78 Å². The molecule has 1 aliphatic heterocycles. The molecular formula is C32H39LiO10. The predicted molar refractivity (Wildman–Crippen MR) is 146 cm³/mol. The Morgan fingerprint density at radius 1 is 1.05 bits per heavy atom. The Hall–Kier alpha value is -2.48. The van der Waals surface area contributed by atoms with Gasteiger partial charge in [-0.15, -0.1) is 6.10 Å². The summed E-state index contributed by atoms with van der Waals surface area (Å²) in [5.41, 5.74) is -5.77. The van der Waals surface area contributed by atoms with Crippen LogP contribution in [0.15, 0.2) is 41.5 Å². The van der Waals surface area contributed by atoms with Crippen molar-refractivity contribution in [2.24, 2.45) is 22.7 Å². The number of ether oxygens (including phenoxy) is 4. The molecular weight excluding hydrogens is 551 g/mol. The Morgan fingerprint density at radius 2 is 1.67 bits per heavy atom. The number of aliphatic hydroxyl groups is 1. The molecule has 5 rings (SSSR count). The molecule has 11 heteroatoms. The number of hydrogen-bond donors (Lipinski definition) is 1. The number of hydrogen-bond acceptors (Lipinski definition) is 10. The van der Waals surface area contributed by atoms with Gasteiger partial charge in [-0.1, -0.05) is 51.5 Å². The minimum absolute atomic E-state index is 0. The van der Waals surface area contributed by atoms with Crippen LogP contribution in [0.1, 0.15) is 71.7 Å². The second-order valence-electron chi connectivity index (χ2n) is 13.2. The van der Waals surface area contributed by atoms with Crippen LogP contribution in [0.4, 0.5) is 0 Å². The van der Waals surface area contributed by atoms with E-state index in [9.17, 15) is 29.4 Å². The van der Waals surface area contributed by atoms with Gasteiger partial charge in [-0.05, 0) is 37.8 Å². The van der Waals surface area contributed by atoms with Crippen LogP contribution < -0.4 is 24.0 Å². The smallest absolute Gasteiger partial charge is 0.849 e. The summed E-state index contributed by atoms with van der Waals surface area (Å²) in [6.45, 7) is 10.8. The molecule has 1 N–H and O–H groups in total. The third-order valence-corrected chi connectivity index (χ3v) is 10.6.